The van der Waals surface area contributed by atoms with Crippen LogP contribution >= 0.6 is 0 Å². The van der Waals surface area contributed by atoms with Crippen LogP contribution < -0.4 is 10.2 Å². The smallest absolute Gasteiger partial charge is 0.172 e. The molecule has 0 radical (unpaired) electrons. The van der Waals surface area contributed by atoms with E-state index in [1.807, 2.05) is 24.3 Å². The lowest BCUT2D eigenvalue weighted by Gasteiger charge is -2.34. The van der Waals surface area contributed by atoms with Crippen molar-refractivity contribution < 1.29 is 9.52 Å². The second-order valence-corrected chi connectivity index (χ2v) is 6.59. The number of hydrogen-bond donors (Lipinski definition) is 2. The summed E-state index contributed by atoms with van der Waals surface area (Å²) in [4.78, 5) is 14.1. The van der Waals surface area contributed by atoms with Gasteiger partial charge in [0.15, 0.2) is 11.6 Å². The van der Waals surface area contributed by atoms with Crippen LogP contribution in [0.15, 0.2) is 47.1 Å². The van der Waals surface area contributed by atoms with Crippen LogP contribution in [0.2, 0.25) is 0 Å². The van der Waals surface area contributed by atoms with Crippen LogP contribution in [0.4, 0.5) is 11.6 Å². The first-order valence-electron chi connectivity index (χ1n) is 8.86. The predicted octanol–water partition coefficient (Wildman–Crippen LogP) is 2.12. The van der Waals surface area contributed by atoms with Gasteiger partial charge < -0.3 is 24.6 Å². The third kappa shape index (κ3) is 3.49. The third-order valence-corrected chi connectivity index (χ3v) is 4.69. The highest BCUT2D eigenvalue weighted by atomic mass is 16.4. The Morgan fingerprint density at radius 2 is 1.81 bits per heavy atom. The molecule has 1 saturated heterocycles. The zero-order valence-electron chi connectivity index (χ0n) is 14.8. The van der Waals surface area contributed by atoms with E-state index in [0.29, 0.717) is 18.1 Å². The molecule has 3 aromatic rings. The van der Waals surface area contributed by atoms with Crippen molar-refractivity contribution in [3.8, 4) is 0 Å². The Balaban J connectivity index is 1.61. The normalized spacial score (nSPS) is 16.8. The molecular weight excluding hydrogens is 330 g/mol. The van der Waals surface area contributed by atoms with Crippen LogP contribution in [0.5, 0.6) is 0 Å². The van der Waals surface area contributed by atoms with E-state index < -0.39 is 6.10 Å². The summed E-state index contributed by atoms with van der Waals surface area (Å²) < 4.78 is 5.27. The van der Waals surface area contributed by atoms with Gasteiger partial charge in [-0.05, 0) is 31.3 Å². The van der Waals surface area contributed by atoms with Gasteiger partial charge in [0.2, 0.25) is 0 Å². The zero-order valence-corrected chi connectivity index (χ0v) is 14.8. The maximum Gasteiger partial charge on any atom is 0.172 e. The fraction of sp³-hybridized carbons (Fsp3) is 0.368. The van der Waals surface area contributed by atoms with Crippen LogP contribution in [0.3, 0.4) is 0 Å². The number of fused-ring (bicyclic) bond motifs is 1. The minimum atomic E-state index is -0.737. The highest BCUT2D eigenvalue weighted by Gasteiger charge is 2.21. The van der Waals surface area contributed by atoms with Crippen molar-refractivity contribution in [2.45, 2.75) is 6.10 Å². The molecule has 2 N–H and O–H groups in total. The van der Waals surface area contributed by atoms with E-state index in [9.17, 15) is 5.11 Å². The molecule has 3 heterocycles. The second kappa shape index (κ2) is 7.31. The van der Waals surface area contributed by atoms with Gasteiger partial charge in [-0.3, -0.25) is 0 Å². The molecule has 1 fully saturated rings. The average Bonchev–Trinajstić information content (AvgIpc) is 3.21. The van der Waals surface area contributed by atoms with Gasteiger partial charge in [0.05, 0.1) is 17.3 Å². The molecule has 0 saturated carbocycles. The SMILES string of the molecule is CN1CCN(c2nc3ccccc3nc2NCC(O)c2ccco2)CC1. The third-order valence-electron chi connectivity index (χ3n) is 4.69. The van der Waals surface area contributed by atoms with Gasteiger partial charge in [0.1, 0.15) is 11.9 Å². The van der Waals surface area contributed by atoms with Crippen molar-refractivity contribution in [2.24, 2.45) is 0 Å². The van der Waals surface area contributed by atoms with Crippen LogP contribution in [-0.2, 0) is 0 Å². The summed E-state index contributed by atoms with van der Waals surface area (Å²) in [5.74, 6) is 2.06. The number of nitrogens with zero attached hydrogens (tertiary/aromatic N) is 4. The van der Waals surface area contributed by atoms with E-state index >= 15 is 0 Å². The molecule has 4 rings (SSSR count). The van der Waals surface area contributed by atoms with Crippen molar-refractivity contribution >= 4 is 22.7 Å². The first-order valence-corrected chi connectivity index (χ1v) is 8.86. The van der Waals surface area contributed by atoms with Crippen molar-refractivity contribution in [1.82, 2.24) is 14.9 Å². The Morgan fingerprint density at radius 1 is 1.08 bits per heavy atom. The molecule has 7 heteroatoms. The number of hydrogen-bond acceptors (Lipinski definition) is 7. The van der Waals surface area contributed by atoms with Crippen molar-refractivity contribution in [1.29, 1.82) is 0 Å². The second-order valence-electron chi connectivity index (χ2n) is 6.59. The highest BCUT2D eigenvalue weighted by Crippen LogP contribution is 2.26. The lowest BCUT2D eigenvalue weighted by atomic mass is 10.2. The van der Waals surface area contributed by atoms with E-state index in [4.69, 9.17) is 14.4 Å². The van der Waals surface area contributed by atoms with Crippen LogP contribution in [0.1, 0.15) is 11.9 Å². The quantitative estimate of drug-likeness (QED) is 0.727. The number of aliphatic hydroxyl groups excluding tert-OH is 1. The van der Waals surface area contributed by atoms with Gasteiger partial charge in [0, 0.05) is 32.7 Å². The first-order chi connectivity index (χ1) is 12.7. The number of anilines is 2. The Bertz CT molecular complexity index is 860. The molecule has 2 aromatic heterocycles. The molecule has 1 atom stereocenters. The minimum Gasteiger partial charge on any atom is -0.467 e. The molecule has 1 aliphatic rings. The molecule has 136 valence electrons. The van der Waals surface area contributed by atoms with E-state index in [1.165, 1.54) is 0 Å². The number of likely N-dealkylation sites (N-methyl/N-ethyl adjacent to an activating group) is 1. The molecule has 1 aromatic carbocycles. The highest BCUT2D eigenvalue weighted by molar-refractivity contribution is 5.80. The van der Waals surface area contributed by atoms with Gasteiger partial charge in [-0.25, -0.2) is 9.97 Å². The summed E-state index contributed by atoms with van der Waals surface area (Å²) >= 11 is 0. The molecule has 0 aliphatic carbocycles. The van der Waals surface area contributed by atoms with Gasteiger partial charge >= 0.3 is 0 Å². The zero-order chi connectivity index (χ0) is 17.9. The Labute approximate surface area is 152 Å². The summed E-state index contributed by atoms with van der Waals surface area (Å²) in [7, 11) is 2.13. The summed E-state index contributed by atoms with van der Waals surface area (Å²) in [5.41, 5.74) is 1.71. The standard InChI is InChI=1S/C19H23N5O2/c1-23-8-10-24(11-9-23)19-18(20-13-16(25)17-7-4-12-26-17)21-14-5-2-3-6-15(14)22-19/h2-7,12,16,25H,8-11,13H2,1H3,(H,20,21). The summed E-state index contributed by atoms with van der Waals surface area (Å²) in [6.07, 6.45) is 0.822. The number of piperazine rings is 1. The molecule has 0 amide bonds. The Hall–Kier alpha value is -2.64. The number of rotatable bonds is 5. The maximum absolute atomic E-state index is 10.3. The van der Waals surface area contributed by atoms with Gasteiger partial charge in [0.25, 0.3) is 0 Å². The lowest BCUT2D eigenvalue weighted by Crippen LogP contribution is -2.45. The van der Waals surface area contributed by atoms with Crippen LogP contribution in [0.25, 0.3) is 11.0 Å². The summed E-state index contributed by atoms with van der Waals surface area (Å²) in [6.45, 7) is 4.09. The first kappa shape index (κ1) is 16.8. The summed E-state index contributed by atoms with van der Waals surface area (Å²) in [5, 5.41) is 13.6. The Morgan fingerprint density at radius 3 is 2.50 bits per heavy atom. The molecule has 7 nitrogen and oxygen atoms in total. The fourth-order valence-electron chi connectivity index (χ4n) is 3.12. The van der Waals surface area contributed by atoms with Crippen molar-refractivity contribution in [3.05, 3.63) is 48.4 Å². The molecule has 1 unspecified atom stereocenters. The van der Waals surface area contributed by atoms with Crippen LogP contribution in [-0.4, -0.2) is 59.7 Å². The molecule has 1 aliphatic heterocycles. The summed E-state index contributed by atoms with van der Waals surface area (Å²) in [6, 6.07) is 11.4. The molecule has 26 heavy (non-hydrogen) atoms. The number of nitrogens with one attached hydrogen (secondary N) is 1. The van der Waals surface area contributed by atoms with E-state index in [-0.39, 0.29) is 0 Å². The maximum atomic E-state index is 10.3. The van der Waals surface area contributed by atoms with Gasteiger partial charge in [-0.15, -0.1) is 0 Å². The predicted molar refractivity (Wildman–Crippen MR) is 101 cm³/mol. The molecular formula is C19H23N5O2. The van der Waals surface area contributed by atoms with Crippen molar-refractivity contribution in [3.63, 3.8) is 0 Å². The fourth-order valence-corrected chi connectivity index (χ4v) is 3.12. The number of aliphatic hydroxyl groups is 1. The number of para-hydroxylation sites is 2. The van der Waals surface area contributed by atoms with Crippen molar-refractivity contribution in [2.75, 3.05) is 50.0 Å². The van der Waals surface area contributed by atoms with E-state index in [0.717, 1.165) is 43.0 Å². The largest absolute Gasteiger partial charge is 0.467 e. The number of furan rings is 1. The minimum absolute atomic E-state index is 0.307. The average molecular weight is 353 g/mol. The molecule has 0 bridgehead atoms. The van der Waals surface area contributed by atoms with Crippen LogP contribution in [0, 0.1) is 0 Å². The molecule has 0 spiro atoms. The Kier molecular flexibility index (Phi) is 4.73. The number of aromatic nitrogens is 2. The topological polar surface area (TPSA) is 77.7 Å². The monoisotopic (exact) mass is 353 g/mol. The van der Waals surface area contributed by atoms with Gasteiger partial charge in [-0.2, -0.15) is 0 Å². The van der Waals surface area contributed by atoms with Gasteiger partial charge in [-0.1, -0.05) is 12.1 Å². The lowest BCUT2D eigenvalue weighted by molar-refractivity contribution is 0.162. The number of benzene rings is 1. The van der Waals surface area contributed by atoms with E-state index in [2.05, 4.69) is 22.2 Å². The van der Waals surface area contributed by atoms with E-state index in [1.54, 1.807) is 18.4 Å².